The number of rotatable bonds is 5. The Balaban J connectivity index is 0.00000261. The molecule has 0 radical (unpaired) electrons. The van der Waals surface area contributed by atoms with Gasteiger partial charge in [0.2, 0.25) is 0 Å². The van der Waals surface area contributed by atoms with Crippen LogP contribution in [-0.2, 0) is 6.54 Å². The SMILES string of the molecule is CN=C(NCc1csc(N(C)C)n1)NC1CCN(c2cccc(Cl)c2)C1.I. The maximum atomic E-state index is 6.11. The van der Waals surface area contributed by atoms with Crippen LogP contribution in [0, 0.1) is 0 Å². The second kappa shape index (κ2) is 10.3. The lowest BCUT2D eigenvalue weighted by atomic mass is 10.2. The van der Waals surface area contributed by atoms with Gasteiger partial charge in [0.1, 0.15) is 0 Å². The van der Waals surface area contributed by atoms with Crippen LogP contribution in [0.25, 0.3) is 0 Å². The molecule has 0 amide bonds. The molecule has 148 valence electrons. The van der Waals surface area contributed by atoms with Gasteiger partial charge < -0.3 is 20.4 Å². The summed E-state index contributed by atoms with van der Waals surface area (Å²) in [6.07, 6.45) is 1.06. The lowest BCUT2D eigenvalue weighted by Gasteiger charge is -2.20. The number of anilines is 2. The van der Waals surface area contributed by atoms with E-state index in [1.165, 1.54) is 5.69 Å². The van der Waals surface area contributed by atoms with E-state index >= 15 is 0 Å². The first kappa shape index (κ1) is 22.0. The van der Waals surface area contributed by atoms with Gasteiger partial charge in [0.15, 0.2) is 11.1 Å². The molecule has 2 aromatic rings. The molecular weight excluding hydrogens is 495 g/mol. The summed E-state index contributed by atoms with van der Waals surface area (Å²) in [5.41, 5.74) is 2.19. The van der Waals surface area contributed by atoms with E-state index in [-0.39, 0.29) is 24.0 Å². The maximum absolute atomic E-state index is 6.11. The molecule has 1 aliphatic heterocycles. The van der Waals surface area contributed by atoms with Crippen LogP contribution in [0.2, 0.25) is 5.02 Å². The third kappa shape index (κ3) is 6.11. The topological polar surface area (TPSA) is 55.8 Å². The zero-order chi connectivity index (χ0) is 18.5. The first-order chi connectivity index (χ1) is 12.5. The van der Waals surface area contributed by atoms with Crippen LogP contribution in [0.3, 0.4) is 0 Å². The Bertz CT molecular complexity index is 766. The summed E-state index contributed by atoms with van der Waals surface area (Å²) >= 11 is 7.75. The normalized spacial score (nSPS) is 16.8. The first-order valence-electron chi connectivity index (χ1n) is 8.64. The highest BCUT2D eigenvalue weighted by molar-refractivity contribution is 14.0. The molecule has 0 aliphatic carbocycles. The number of nitrogens with zero attached hydrogens (tertiary/aromatic N) is 4. The fourth-order valence-electron chi connectivity index (χ4n) is 2.93. The van der Waals surface area contributed by atoms with Crippen molar-refractivity contribution in [1.82, 2.24) is 15.6 Å². The number of guanidine groups is 1. The highest BCUT2D eigenvalue weighted by Gasteiger charge is 2.23. The molecule has 2 N–H and O–H groups in total. The van der Waals surface area contributed by atoms with Crippen LogP contribution in [0.4, 0.5) is 10.8 Å². The van der Waals surface area contributed by atoms with Crippen molar-refractivity contribution in [2.75, 3.05) is 44.0 Å². The number of hydrogen-bond acceptors (Lipinski definition) is 5. The van der Waals surface area contributed by atoms with Gasteiger partial charge in [-0.05, 0) is 24.6 Å². The fraction of sp³-hybridized carbons (Fsp3) is 0.444. The Morgan fingerprint density at radius 3 is 2.93 bits per heavy atom. The summed E-state index contributed by atoms with van der Waals surface area (Å²) < 4.78 is 0. The van der Waals surface area contributed by atoms with E-state index in [0.29, 0.717) is 12.6 Å². The third-order valence-electron chi connectivity index (χ3n) is 4.29. The van der Waals surface area contributed by atoms with Crippen molar-refractivity contribution in [3.05, 3.63) is 40.4 Å². The molecule has 3 rings (SSSR count). The summed E-state index contributed by atoms with van der Waals surface area (Å²) in [7, 11) is 5.80. The van der Waals surface area contributed by atoms with Crippen molar-refractivity contribution >= 4 is 63.7 Å². The van der Waals surface area contributed by atoms with Crippen molar-refractivity contribution in [2.45, 2.75) is 19.0 Å². The van der Waals surface area contributed by atoms with E-state index in [4.69, 9.17) is 11.6 Å². The quantitative estimate of drug-likeness (QED) is 0.359. The molecule has 1 aliphatic rings. The van der Waals surface area contributed by atoms with E-state index in [1.807, 2.05) is 37.2 Å². The van der Waals surface area contributed by atoms with E-state index in [2.05, 4.69) is 37.0 Å². The Hall–Kier alpha value is -1.26. The predicted molar refractivity (Wildman–Crippen MR) is 127 cm³/mol. The molecule has 27 heavy (non-hydrogen) atoms. The average molecular weight is 521 g/mol. The van der Waals surface area contributed by atoms with Gasteiger partial charge in [-0.3, -0.25) is 4.99 Å². The molecule has 9 heteroatoms. The molecule has 1 aromatic carbocycles. The molecule has 0 spiro atoms. The molecule has 1 aromatic heterocycles. The Morgan fingerprint density at radius 2 is 2.26 bits per heavy atom. The van der Waals surface area contributed by atoms with Crippen molar-refractivity contribution in [3.8, 4) is 0 Å². The number of benzene rings is 1. The molecule has 0 bridgehead atoms. The van der Waals surface area contributed by atoms with E-state index in [1.54, 1.807) is 18.4 Å². The van der Waals surface area contributed by atoms with Crippen LogP contribution in [0.15, 0.2) is 34.6 Å². The van der Waals surface area contributed by atoms with Crippen molar-refractivity contribution < 1.29 is 0 Å². The maximum Gasteiger partial charge on any atom is 0.191 e. The van der Waals surface area contributed by atoms with Gasteiger partial charge in [-0.2, -0.15) is 0 Å². The van der Waals surface area contributed by atoms with Crippen molar-refractivity contribution in [3.63, 3.8) is 0 Å². The minimum absolute atomic E-state index is 0. The molecule has 1 atom stereocenters. The monoisotopic (exact) mass is 520 g/mol. The fourth-order valence-corrected chi connectivity index (χ4v) is 3.87. The van der Waals surface area contributed by atoms with E-state index < -0.39 is 0 Å². The van der Waals surface area contributed by atoms with E-state index in [0.717, 1.165) is 41.3 Å². The molecule has 1 saturated heterocycles. The highest BCUT2D eigenvalue weighted by Crippen LogP contribution is 2.23. The minimum Gasteiger partial charge on any atom is -0.369 e. The van der Waals surface area contributed by atoms with Crippen LogP contribution in [-0.4, -0.2) is 51.2 Å². The van der Waals surface area contributed by atoms with Crippen molar-refractivity contribution in [2.24, 2.45) is 4.99 Å². The first-order valence-corrected chi connectivity index (χ1v) is 9.90. The van der Waals surface area contributed by atoms with Gasteiger partial charge in [-0.15, -0.1) is 35.3 Å². The van der Waals surface area contributed by atoms with Gasteiger partial charge in [-0.25, -0.2) is 4.98 Å². The number of aliphatic imine (C=N–C) groups is 1. The second-order valence-electron chi connectivity index (χ2n) is 6.50. The van der Waals surface area contributed by atoms with Crippen LogP contribution in [0.5, 0.6) is 0 Å². The molecule has 6 nitrogen and oxygen atoms in total. The van der Waals surface area contributed by atoms with Gasteiger partial charge >= 0.3 is 0 Å². The van der Waals surface area contributed by atoms with E-state index in [9.17, 15) is 0 Å². The van der Waals surface area contributed by atoms with Crippen LogP contribution in [0.1, 0.15) is 12.1 Å². The van der Waals surface area contributed by atoms with Crippen LogP contribution >= 0.6 is 46.9 Å². The summed E-state index contributed by atoms with van der Waals surface area (Å²) in [4.78, 5) is 13.3. The Kier molecular flexibility index (Phi) is 8.43. The summed E-state index contributed by atoms with van der Waals surface area (Å²) in [6, 6.07) is 8.37. The lowest BCUT2D eigenvalue weighted by Crippen LogP contribution is -2.44. The standard InChI is InChI=1S/C18H25ClN6S.HI/c1-20-17(21-10-15-12-26-18(23-15)24(2)3)22-14-7-8-25(11-14)16-6-4-5-13(19)9-16;/h4-6,9,12,14H,7-8,10-11H2,1-3H3,(H2,20,21,22);1H. The summed E-state index contributed by atoms with van der Waals surface area (Å²) in [5.74, 6) is 0.808. The number of hydrogen-bond donors (Lipinski definition) is 2. The van der Waals surface area contributed by atoms with Gasteiger partial charge in [0, 0.05) is 56.4 Å². The minimum atomic E-state index is 0. The largest absolute Gasteiger partial charge is 0.369 e. The molecule has 0 saturated carbocycles. The van der Waals surface area contributed by atoms with Crippen LogP contribution < -0.4 is 20.4 Å². The smallest absolute Gasteiger partial charge is 0.191 e. The third-order valence-corrected chi connectivity index (χ3v) is 5.58. The van der Waals surface area contributed by atoms with Gasteiger partial charge in [-0.1, -0.05) is 17.7 Å². The number of nitrogens with one attached hydrogen (secondary N) is 2. The average Bonchev–Trinajstić information content (AvgIpc) is 3.28. The zero-order valence-corrected chi connectivity index (χ0v) is 19.7. The number of halogens is 2. The molecule has 1 unspecified atom stereocenters. The predicted octanol–water partition coefficient (Wildman–Crippen LogP) is 3.42. The summed E-state index contributed by atoms with van der Waals surface area (Å²) in [5, 5.41) is 10.7. The molecular formula is C18H26ClIN6S. The number of thiazole rings is 1. The number of aromatic nitrogens is 1. The second-order valence-corrected chi connectivity index (χ2v) is 7.77. The van der Waals surface area contributed by atoms with Gasteiger partial charge in [0.05, 0.1) is 12.2 Å². The summed E-state index contributed by atoms with van der Waals surface area (Å²) in [6.45, 7) is 2.60. The zero-order valence-electron chi connectivity index (χ0n) is 15.8. The Labute approximate surface area is 187 Å². The van der Waals surface area contributed by atoms with Crippen molar-refractivity contribution in [1.29, 1.82) is 0 Å². The highest BCUT2D eigenvalue weighted by atomic mass is 127. The molecule has 1 fully saturated rings. The van der Waals surface area contributed by atoms with Gasteiger partial charge in [0.25, 0.3) is 0 Å². The molecule has 2 heterocycles. The lowest BCUT2D eigenvalue weighted by molar-refractivity contribution is 0.647. The Morgan fingerprint density at radius 1 is 1.44 bits per heavy atom.